The van der Waals surface area contributed by atoms with Crippen molar-refractivity contribution in [3.05, 3.63) is 41.2 Å². The molecule has 0 saturated carbocycles. The summed E-state index contributed by atoms with van der Waals surface area (Å²) < 4.78 is 15.8. The zero-order valence-electron chi connectivity index (χ0n) is 15.1. The number of aromatic nitrogens is 1. The molecule has 0 atom stereocenters. The quantitative estimate of drug-likeness (QED) is 0.841. The average Bonchev–Trinajstić information content (AvgIpc) is 2.61. The second-order valence-corrected chi connectivity index (χ2v) is 5.42. The monoisotopic (exact) mass is 345 g/mol. The molecule has 2 aromatic rings. The number of ether oxygens (including phenoxy) is 3. The lowest BCUT2D eigenvalue weighted by Gasteiger charge is -2.14. The number of anilines is 1. The maximum absolute atomic E-state index is 12.2. The van der Waals surface area contributed by atoms with Gasteiger partial charge in [0.2, 0.25) is 0 Å². The first-order valence-corrected chi connectivity index (χ1v) is 7.76. The molecule has 1 heterocycles. The highest BCUT2D eigenvalue weighted by molar-refractivity contribution is 5.91. The molecule has 0 aliphatic carbocycles. The highest BCUT2D eigenvalue weighted by atomic mass is 16.5. The number of amides is 2. The Morgan fingerprint density at radius 2 is 1.88 bits per heavy atom. The molecule has 0 radical (unpaired) electrons. The minimum absolute atomic E-state index is 0.285. The number of carbonyl (C=O) groups excluding carboxylic acids is 1. The molecule has 0 saturated heterocycles. The first-order chi connectivity index (χ1) is 12.0. The summed E-state index contributed by atoms with van der Waals surface area (Å²) in [6.45, 7) is 4.13. The molecule has 0 fully saturated rings. The fourth-order valence-corrected chi connectivity index (χ4v) is 2.48. The van der Waals surface area contributed by atoms with Crippen molar-refractivity contribution in [2.24, 2.45) is 0 Å². The topological polar surface area (TPSA) is 81.7 Å². The van der Waals surface area contributed by atoms with Gasteiger partial charge in [-0.1, -0.05) is 0 Å². The first-order valence-electron chi connectivity index (χ1n) is 7.76. The van der Waals surface area contributed by atoms with Gasteiger partial charge in [0.25, 0.3) is 0 Å². The summed E-state index contributed by atoms with van der Waals surface area (Å²) in [5.74, 6) is 1.94. The Hall–Kier alpha value is -2.96. The highest BCUT2D eigenvalue weighted by Gasteiger charge is 2.12. The molecular weight excluding hydrogens is 322 g/mol. The Morgan fingerprint density at radius 3 is 2.52 bits per heavy atom. The minimum Gasteiger partial charge on any atom is -0.497 e. The molecule has 25 heavy (non-hydrogen) atoms. The van der Waals surface area contributed by atoms with Gasteiger partial charge in [-0.15, -0.1) is 0 Å². The van der Waals surface area contributed by atoms with E-state index in [9.17, 15) is 4.79 Å². The second-order valence-electron chi connectivity index (χ2n) is 5.42. The Balaban J connectivity index is 2.04. The van der Waals surface area contributed by atoms with Crippen LogP contribution in [0.1, 0.15) is 16.8 Å². The Bertz CT molecular complexity index is 762. The lowest BCUT2D eigenvalue weighted by molar-refractivity contribution is 0.251. The van der Waals surface area contributed by atoms with E-state index in [4.69, 9.17) is 14.2 Å². The van der Waals surface area contributed by atoms with Crippen LogP contribution in [0.15, 0.2) is 24.4 Å². The predicted molar refractivity (Wildman–Crippen MR) is 95.7 cm³/mol. The number of hydrogen-bond donors (Lipinski definition) is 2. The molecule has 0 bridgehead atoms. The van der Waals surface area contributed by atoms with Gasteiger partial charge >= 0.3 is 6.03 Å². The molecule has 0 spiro atoms. The Morgan fingerprint density at radius 1 is 1.12 bits per heavy atom. The molecule has 2 N–H and O–H groups in total. The van der Waals surface area contributed by atoms with Gasteiger partial charge in [-0.25, -0.2) is 4.79 Å². The van der Waals surface area contributed by atoms with Crippen molar-refractivity contribution in [1.82, 2.24) is 10.3 Å². The molecule has 1 aromatic carbocycles. The summed E-state index contributed by atoms with van der Waals surface area (Å²) in [5.41, 5.74) is 3.16. The lowest BCUT2D eigenvalue weighted by atomic mass is 10.1. The number of aryl methyl sites for hydroxylation is 1. The van der Waals surface area contributed by atoms with Gasteiger partial charge < -0.3 is 24.8 Å². The number of benzene rings is 1. The molecule has 2 rings (SSSR count). The van der Waals surface area contributed by atoms with Crippen molar-refractivity contribution in [1.29, 1.82) is 0 Å². The van der Waals surface area contributed by atoms with E-state index in [1.54, 1.807) is 38.6 Å². The molecule has 1 aromatic heterocycles. The van der Waals surface area contributed by atoms with Gasteiger partial charge in [0.15, 0.2) is 0 Å². The number of urea groups is 1. The van der Waals surface area contributed by atoms with Gasteiger partial charge in [0.1, 0.15) is 17.2 Å². The lowest BCUT2D eigenvalue weighted by Crippen LogP contribution is -2.29. The van der Waals surface area contributed by atoms with Crippen LogP contribution in [0, 0.1) is 13.8 Å². The van der Waals surface area contributed by atoms with Crippen LogP contribution in [-0.2, 0) is 6.54 Å². The number of carbonyl (C=O) groups is 1. The summed E-state index contributed by atoms with van der Waals surface area (Å²) in [6.07, 6.45) is 1.73. The van der Waals surface area contributed by atoms with Crippen LogP contribution in [0.2, 0.25) is 0 Å². The number of nitrogens with one attached hydrogen (secondary N) is 2. The first kappa shape index (κ1) is 18.4. The molecule has 0 unspecified atom stereocenters. The summed E-state index contributed by atoms with van der Waals surface area (Å²) in [4.78, 5) is 16.5. The van der Waals surface area contributed by atoms with Gasteiger partial charge in [-0.2, -0.15) is 0 Å². The van der Waals surface area contributed by atoms with Gasteiger partial charge in [0.05, 0.1) is 39.3 Å². The van der Waals surface area contributed by atoms with Gasteiger partial charge in [-0.3, -0.25) is 4.98 Å². The minimum atomic E-state index is -0.357. The SMILES string of the molecule is COc1ccc(NC(=O)NCc2ncc(C)c(OC)c2C)c(OC)c1. The molecule has 134 valence electrons. The van der Waals surface area contributed by atoms with E-state index in [0.717, 1.165) is 22.6 Å². The maximum atomic E-state index is 12.2. The fourth-order valence-electron chi connectivity index (χ4n) is 2.48. The van der Waals surface area contributed by atoms with Crippen molar-refractivity contribution in [3.8, 4) is 17.2 Å². The molecule has 7 heteroatoms. The summed E-state index contributed by atoms with van der Waals surface area (Å²) in [5, 5.41) is 5.54. The zero-order chi connectivity index (χ0) is 18.4. The van der Waals surface area contributed by atoms with E-state index < -0.39 is 0 Å². The summed E-state index contributed by atoms with van der Waals surface area (Å²) in [7, 11) is 4.72. The van der Waals surface area contributed by atoms with E-state index >= 15 is 0 Å². The number of methoxy groups -OCH3 is 3. The molecular formula is C18H23N3O4. The standard InChI is InChI=1S/C18H23N3O4/c1-11-9-19-15(12(2)17(11)25-5)10-20-18(22)21-14-7-6-13(23-3)8-16(14)24-4/h6-9H,10H2,1-5H3,(H2,20,21,22). The van der Waals surface area contributed by atoms with E-state index in [0.29, 0.717) is 17.2 Å². The largest absolute Gasteiger partial charge is 0.497 e. The van der Waals surface area contributed by atoms with E-state index in [1.165, 1.54) is 7.11 Å². The van der Waals surface area contributed by atoms with Crippen molar-refractivity contribution in [3.63, 3.8) is 0 Å². The van der Waals surface area contributed by atoms with Crippen LogP contribution >= 0.6 is 0 Å². The fraction of sp³-hybridized carbons (Fsp3) is 0.333. The van der Waals surface area contributed by atoms with E-state index in [2.05, 4.69) is 15.6 Å². The van der Waals surface area contributed by atoms with Crippen LogP contribution in [0.5, 0.6) is 17.2 Å². The number of hydrogen-bond acceptors (Lipinski definition) is 5. The maximum Gasteiger partial charge on any atom is 0.319 e. The van der Waals surface area contributed by atoms with Crippen LogP contribution in [0.3, 0.4) is 0 Å². The highest BCUT2D eigenvalue weighted by Crippen LogP contribution is 2.29. The smallest absolute Gasteiger partial charge is 0.319 e. The number of pyridine rings is 1. The average molecular weight is 345 g/mol. The zero-order valence-corrected chi connectivity index (χ0v) is 15.1. The second kappa shape index (κ2) is 8.23. The van der Waals surface area contributed by atoms with Crippen molar-refractivity contribution < 1.29 is 19.0 Å². The third-order valence-electron chi connectivity index (χ3n) is 3.82. The molecule has 0 aliphatic heterocycles. The molecule has 7 nitrogen and oxygen atoms in total. The Kier molecular flexibility index (Phi) is 6.05. The third-order valence-corrected chi connectivity index (χ3v) is 3.82. The predicted octanol–water partition coefficient (Wildman–Crippen LogP) is 3.05. The van der Waals surface area contributed by atoms with Crippen LogP contribution in [-0.4, -0.2) is 32.3 Å². The van der Waals surface area contributed by atoms with Crippen molar-refractivity contribution in [2.45, 2.75) is 20.4 Å². The number of nitrogens with zero attached hydrogens (tertiary/aromatic N) is 1. The van der Waals surface area contributed by atoms with Crippen molar-refractivity contribution >= 4 is 11.7 Å². The molecule has 0 aliphatic rings. The van der Waals surface area contributed by atoms with Crippen LogP contribution in [0.4, 0.5) is 10.5 Å². The molecule has 2 amide bonds. The van der Waals surface area contributed by atoms with E-state index in [1.807, 2.05) is 13.8 Å². The van der Waals surface area contributed by atoms with Gasteiger partial charge in [-0.05, 0) is 26.0 Å². The Labute approximate surface area is 147 Å². The number of rotatable bonds is 6. The third kappa shape index (κ3) is 4.32. The normalized spacial score (nSPS) is 10.1. The van der Waals surface area contributed by atoms with Gasteiger partial charge in [0, 0.05) is 23.4 Å². The van der Waals surface area contributed by atoms with Crippen LogP contribution < -0.4 is 24.8 Å². The van der Waals surface area contributed by atoms with Crippen molar-refractivity contribution in [2.75, 3.05) is 26.6 Å². The summed E-state index contributed by atoms with van der Waals surface area (Å²) in [6, 6.07) is 4.81. The van der Waals surface area contributed by atoms with E-state index in [-0.39, 0.29) is 12.6 Å². The van der Waals surface area contributed by atoms with Crippen LogP contribution in [0.25, 0.3) is 0 Å². The summed E-state index contributed by atoms with van der Waals surface area (Å²) >= 11 is 0.